The van der Waals surface area contributed by atoms with Gasteiger partial charge in [-0.15, -0.1) is 35.0 Å². The van der Waals surface area contributed by atoms with E-state index in [1.54, 1.807) is 0 Å². The van der Waals surface area contributed by atoms with Crippen molar-refractivity contribution in [1.29, 1.82) is 0 Å². The Bertz CT molecular complexity index is 544. The van der Waals surface area contributed by atoms with E-state index in [-0.39, 0.29) is 29.6 Å². The van der Waals surface area contributed by atoms with E-state index in [4.69, 9.17) is 0 Å². The molecule has 0 N–H and O–H groups in total. The molecule has 0 heterocycles. The second kappa shape index (κ2) is 4.36. The minimum atomic E-state index is 0. The zero-order chi connectivity index (χ0) is 9.38. The first-order valence-electron chi connectivity index (χ1n) is 4.73. The Morgan fingerprint density at radius 1 is 0.733 bits per heavy atom. The Morgan fingerprint density at radius 2 is 1.40 bits per heavy atom. The van der Waals surface area contributed by atoms with Gasteiger partial charge < -0.3 is 0 Å². The number of benzene rings is 3. The molecule has 3 aromatic carbocycles. The fraction of sp³-hybridized carbons (Fsp3) is 0. The molecule has 0 aromatic heterocycles. The third kappa shape index (κ3) is 1.81. The van der Waals surface area contributed by atoms with Gasteiger partial charge in [-0.25, -0.2) is 0 Å². The van der Waals surface area contributed by atoms with Gasteiger partial charge in [0.05, 0.1) is 0 Å². The molecule has 0 unspecified atom stereocenters. The van der Waals surface area contributed by atoms with E-state index in [0.29, 0.717) is 0 Å². The van der Waals surface area contributed by atoms with Crippen molar-refractivity contribution in [2.45, 2.75) is 0 Å². The van der Waals surface area contributed by atoms with Crippen molar-refractivity contribution < 1.29 is 29.6 Å². The molecule has 66 valence electrons. The Labute approximate surface area is 111 Å². The van der Waals surface area contributed by atoms with Gasteiger partial charge in [0.25, 0.3) is 0 Å². The smallest absolute Gasteiger partial charge is 0.143 e. The van der Waals surface area contributed by atoms with E-state index < -0.39 is 0 Å². The molecule has 0 spiro atoms. The van der Waals surface area contributed by atoms with E-state index in [9.17, 15) is 0 Å². The third-order valence-corrected chi connectivity index (χ3v) is 2.56. The van der Waals surface area contributed by atoms with Gasteiger partial charge in [0, 0.05) is 0 Å². The molecule has 0 fully saturated rings. The van der Waals surface area contributed by atoms with Gasteiger partial charge in [0.15, 0.2) is 0 Å². The van der Waals surface area contributed by atoms with Gasteiger partial charge in [-0.1, -0.05) is 47.2 Å². The van der Waals surface area contributed by atoms with Gasteiger partial charge in [0.1, 0.15) is 0 Å². The predicted octanol–water partition coefficient (Wildman–Crippen LogP) is 0.797. The average Bonchev–Trinajstić information content (AvgIpc) is 2.29. The van der Waals surface area contributed by atoms with E-state index in [2.05, 4.69) is 54.6 Å². The van der Waals surface area contributed by atoms with Crippen LogP contribution in [0.5, 0.6) is 0 Å². The molecule has 0 bridgehead atoms. The first kappa shape index (κ1) is 10.7. The third-order valence-electron chi connectivity index (χ3n) is 2.56. The molecular formula is C14H9Na. The van der Waals surface area contributed by atoms with E-state index >= 15 is 0 Å². The largest absolute Gasteiger partial charge is 1.00 e. The van der Waals surface area contributed by atoms with Crippen LogP contribution in [0.3, 0.4) is 0 Å². The molecule has 0 amide bonds. The molecule has 3 aromatic rings. The summed E-state index contributed by atoms with van der Waals surface area (Å²) in [6, 6.07) is 22.1. The molecule has 0 aliphatic carbocycles. The van der Waals surface area contributed by atoms with Crippen LogP contribution < -0.4 is 29.6 Å². The van der Waals surface area contributed by atoms with Crippen LogP contribution in [-0.2, 0) is 0 Å². The van der Waals surface area contributed by atoms with Crippen molar-refractivity contribution in [2.24, 2.45) is 0 Å². The van der Waals surface area contributed by atoms with Crippen LogP contribution in [0.1, 0.15) is 0 Å². The van der Waals surface area contributed by atoms with Gasteiger partial charge in [-0.2, -0.15) is 0 Å². The Hall–Kier alpha value is -0.820. The predicted molar refractivity (Wildman–Crippen MR) is 60.3 cm³/mol. The second-order valence-corrected chi connectivity index (χ2v) is 3.42. The summed E-state index contributed by atoms with van der Waals surface area (Å²) < 4.78 is 0. The second-order valence-electron chi connectivity index (χ2n) is 3.42. The van der Waals surface area contributed by atoms with Crippen molar-refractivity contribution in [3.8, 4) is 0 Å². The fourth-order valence-corrected chi connectivity index (χ4v) is 1.87. The minimum Gasteiger partial charge on any atom is -0.143 e. The van der Waals surface area contributed by atoms with Crippen LogP contribution in [0, 0.1) is 6.07 Å². The summed E-state index contributed by atoms with van der Waals surface area (Å²) in [4.78, 5) is 0. The number of hydrogen-bond acceptors (Lipinski definition) is 0. The van der Waals surface area contributed by atoms with Crippen molar-refractivity contribution in [3.63, 3.8) is 0 Å². The first-order valence-corrected chi connectivity index (χ1v) is 4.73. The number of fused-ring (bicyclic) bond motifs is 3. The van der Waals surface area contributed by atoms with E-state index in [1.807, 2.05) is 6.07 Å². The Morgan fingerprint density at radius 3 is 2.27 bits per heavy atom. The standard InChI is InChI=1S/C14H9.Na/c1-3-7-13-11(5-1)9-10-12-6-2-4-8-14(12)13;/h1-9H;/q-1;+1. The Kier molecular flexibility index (Phi) is 3.11. The molecule has 15 heavy (non-hydrogen) atoms. The van der Waals surface area contributed by atoms with Gasteiger partial charge in [-0.3, -0.25) is 0 Å². The van der Waals surface area contributed by atoms with Gasteiger partial charge in [-0.05, 0) is 0 Å². The van der Waals surface area contributed by atoms with Crippen molar-refractivity contribution in [3.05, 3.63) is 60.7 Å². The molecule has 0 nitrogen and oxygen atoms in total. The molecule has 0 aliphatic heterocycles. The summed E-state index contributed by atoms with van der Waals surface area (Å²) in [6.07, 6.45) is 0. The molecule has 1 heteroatoms. The summed E-state index contributed by atoms with van der Waals surface area (Å²) >= 11 is 0. The zero-order valence-electron chi connectivity index (χ0n) is 8.70. The number of hydrogen-bond donors (Lipinski definition) is 0. The summed E-state index contributed by atoms with van der Waals surface area (Å²) in [5.74, 6) is 0. The maximum absolute atomic E-state index is 3.29. The molecule has 0 aliphatic rings. The first-order chi connectivity index (χ1) is 6.95. The van der Waals surface area contributed by atoms with Crippen LogP contribution in [-0.4, -0.2) is 0 Å². The molecule has 0 saturated heterocycles. The van der Waals surface area contributed by atoms with Crippen LogP contribution >= 0.6 is 0 Å². The van der Waals surface area contributed by atoms with E-state index in [0.717, 1.165) is 0 Å². The zero-order valence-corrected chi connectivity index (χ0v) is 10.7. The normalized spacial score (nSPS) is 10.1. The SMILES string of the molecule is [Na+].[c-]1cc2ccccc2c2ccccc12. The molecule has 0 saturated carbocycles. The summed E-state index contributed by atoms with van der Waals surface area (Å²) in [6.45, 7) is 0. The summed E-state index contributed by atoms with van der Waals surface area (Å²) in [5, 5.41) is 5.03. The van der Waals surface area contributed by atoms with Crippen LogP contribution in [0.2, 0.25) is 0 Å². The maximum atomic E-state index is 3.29. The summed E-state index contributed by atoms with van der Waals surface area (Å²) in [7, 11) is 0. The van der Waals surface area contributed by atoms with Gasteiger partial charge in [0.2, 0.25) is 0 Å². The molecule has 3 rings (SSSR count). The monoisotopic (exact) mass is 200 g/mol. The molecule has 0 atom stereocenters. The molecule has 0 radical (unpaired) electrons. The quantitative estimate of drug-likeness (QED) is 0.286. The van der Waals surface area contributed by atoms with Crippen LogP contribution in [0.25, 0.3) is 21.5 Å². The van der Waals surface area contributed by atoms with Crippen molar-refractivity contribution in [2.75, 3.05) is 0 Å². The van der Waals surface area contributed by atoms with Crippen LogP contribution in [0.4, 0.5) is 0 Å². The Balaban J connectivity index is 0.000000853. The topological polar surface area (TPSA) is 0 Å². The van der Waals surface area contributed by atoms with Gasteiger partial charge >= 0.3 is 29.6 Å². The average molecular weight is 200 g/mol. The maximum Gasteiger partial charge on any atom is 1.00 e. The van der Waals surface area contributed by atoms with Crippen LogP contribution in [0.15, 0.2) is 54.6 Å². The molecular weight excluding hydrogens is 191 g/mol. The minimum absolute atomic E-state index is 0. The van der Waals surface area contributed by atoms with E-state index in [1.165, 1.54) is 21.5 Å². The number of rotatable bonds is 0. The van der Waals surface area contributed by atoms with Crippen molar-refractivity contribution in [1.82, 2.24) is 0 Å². The summed E-state index contributed by atoms with van der Waals surface area (Å²) in [5.41, 5.74) is 0. The van der Waals surface area contributed by atoms with Crippen molar-refractivity contribution >= 4 is 21.5 Å². The fourth-order valence-electron chi connectivity index (χ4n) is 1.87.